The monoisotopic (exact) mass is 1400 g/mol. The lowest BCUT2D eigenvalue weighted by molar-refractivity contribution is -0.161. The Morgan fingerprint density at radius 2 is 0.484 bits per heavy atom. The van der Waals surface area contributed by atoms with Gasteiger partial charge in [-0.2, -0.15) is 0 Å². The summed E-state index contributed by atoms with van der Waals surface area (Å²) in [5.74, 6) is -0.568. The highest BCUT2D eigenvalue weighted by atomic mass is 31.2. The van der Waals surface area contributed by atoms with Gasteiger partial charge in [0.1, 0.15) is 19.3 Å². The van der Waals surface area contributed by atoms with E-state index in [0.717, 1.165) is 108 Å². The summed E-state index contributed by atoms with van der Waals surface area (Å²) < 4.78 is 68.3. The van der Waals surface area contributed by atoms with Crippen LogP contribution in [0.5, 0.6) is 0 Å². The highest BCUT2D eigenvalue weighted by molar-refractivity contribution is 7.47. The largest absolute Gasteiger partial charge is 0.472 e. The summed E-state index contributed by atoms with van der Waals surface area (Å²) in [5.41, 5.74) is 0. The van der Waals surface area contributed by atoms with Crippen molar-refractivity contribution in [1.29, 1.82) is 0 Å². The molecule has 0 spiro atoms. The van der Waals surface area contributed by atoms with E-state index in [9.17, 15) is 43.2 Å². The number of unbranched alkanes of at least 4 members (excludes halogenated alkanes) is 45. The van der Waals surface area contributed by atoms with Gasteiger partial charge in [0.15, 0.2) is 12.2 Å². The minimum atomic E-state index is -4.96. The number of hydrogen-bond acceptors (Lipinski definition) is 15. The van der Waals surface area contributed by atoms with E-state index in [2.05, 4.69) is 41.5 Å². The molecule has 0 aromatic rings. The topological polar surface area (TPSA) is 237 Å². The van der Waals surface area contributed by atoms with Crippen LogP contribution in [-0.4, -0.2) is 96.7 Å². The third-order valence-corrected chi connectivity index (χ3v) is 19.6. The summed E-state index contributed by atoms with van der Waals surface area (Å²) in [4.78, 5) is 72.5. The number of phosphoric acid groups is 2. The molecule has 0 aromatic heterocycles. The van der Waals surface area contributed by atoms with E-state index in [1.54, 1.807) is 0 Å². The maximum absolute atomic E-state index is 13.1. The summed E-state index contributed by atoms with van der Waals surface area (Å²) in [6, 6.07) is 0. The minimum absolute atomic E-state index is 0.105. The molecule has 0 heterocycles. The average Bonchev–Trinajstić information content (AvgIpc) is 1.60. The van der Waals surface area contributed by atoms with Crippen LogP contribution in [0.15, 0.2) is 0 Å². The second-order valence-electron chi connectivity index (χ2n) is 28.3. The van der Waals surface area contributed by atoms with Crippen molar-refractivity contribution in [2.75, 3.05) is 39.6 Å². The van der Waals surface area contributed by atoms with Crippen LogP contribution in [-0.2, 0) is 65.4 Å². The fourth-order valence-corrected chi connectivity index (χ4v) is 13.2. The van der Waals surface area contributed by atoms with Crippen molar-refractivity contribution in [1.82, 2.24) is 0 Å². The standard InChI is InChI=1S/C76H148O17P2/c1-7-9-11-13-14-15-16-17-18-19-20-21-24-28-31-37-42-48-54-60-76(81)93-72(65-87-74(79)59-53-47-41-36-30-27-25-22-23-26-29-34-39-45-50-56-68(3)4)67-91-95(84,85)89-63-70(77)62-88-94(82,83)90-66-71(64-86-73(78)58-52-44-12-10-8-2)92-75(80)61-55-49-43-38-33-32-35-40-46-51-57-69(5)6/h68-72,77H,7-67H2,1-6H3,(H,82,83)(H,84,85)/t70-,71+,72+/m0/s1. The summed E-state index contributed by atoms with van der Waals surface area (Å²) in [6.45, 7) is 9.52. The Labute approximate surface area is 581 Å². The van der Waals surface area contributed by atoms with E-state index in [-0.39, 0.29) is 25.7 Å². The van der Waals surface area contributed by atoms with Gasteiger partial charge in [-0.1, -0.05) is 343 Å². The maximum atomic E-state index is 13.1. The zero-order valence-electron chi connectivity index (χ0n) is 62.0. The Morgan fingerprint density at radius 1 is 0.284 bits per heavy atom. The molecule has 19 heteroatoms. The Balaban J connectivity index is 5.14. The van der Waals surface area contributed by atoms with Crippen molar-refractivity contribution in [3.8, 4) is 0 Å². The summed E-state index contributed by atoms with van der Waals surface area (Å²) >= 11 is 0. The molecule has 0 saturated heterocycles. The van der Waals surface area contributed by atoms with Crippen LogP contribution >= 0.6 is 15.6 Å². The number of carbonyl (C=O) groups excluding carboxylic acids is 4. The molecule has 0 fully saturated rings. The molecule has 564 valence electrons. The number of aliphatic hydroxyl groups is 1. The van der Waals surface area contributed by atoms with Gasteiger partial charge in [-0.05, 0) is 37.5 Å². The molecule has 5 atom stereocenters. The number of esters is 4. The number of carbonyl (C=O) groups is 4. The van der Waals surface area contributed by atoms with Crippen molar-refractivity contribution in [3.05, 3.63) is 0 Å². The van der Waals surface area contributed by atoms with E-state index in [4.69, 9.17) is 37.0 Å². The predicted octanol–water partition coefficient (Wildman–Crippen LogP) is 22.3. The molecule has 2 unspecified atom stereocenters. The van der Waals surface area contributed by atoms with E-state index < -0.39 is 97.5 Å². The minimum Gasteiger partial charge on any atom is -0.462 e. The fraction of sp³-hybridized carbons (Fsp3) is 0.947. The second kappa shape index (κ2) is 67.9. The van der Waals surface area contributed by atoms with Crippen LogP contribution in [0.3, 0.4) is 0 Å². The maximum Gasteiger partial charge on any atom is 0.472 e. The fourth-order valence-electron chi connectivity index (χ4n) is 11.7. The second-order valence-corrected chi connectivity index (χ2v) is 31.3. The quantitative estimate of drug-likeness (QED) is 0.0222. The van der Waals surface area contributed by atoms with Crippen LogP contribution in [0.1, 0.15) is 395 Å². The van der Waals surface area contributed by atoms with E-state index >= 15 is 0 Å². The number of aliphatic hydroxyl groups excluding tert-OH is 1. The first-order valence-corrected chi connectivity index (χ1v) is 42.5. The predicted molar refractivity (Wildman–Crippen MR) is 386 cm³/mol. The van der Waals surface area contributed by atoms with Gasteiger partial charge < -0.3 is 33.8 Å². The van der Waals surface area contributed by atoms with Crippen molar-refractivity contribution in [3.63, 3.8) is 0 Å². The average molecular weight is 1400 g/mol. The molecule has 0 amide bonds. The molecule has 17 nitrogen and oxygen atoms in total. The smallest absolute Gasteiger partial charge is 0.462 e. The molecular formula is C76H148O17P2. The van der Waals surface area contributed by atoms with Crippen molar-refractivity contribution in [2.24, 2.45) is 11.8 Å². The Morgan fingerprint density at radius 3 is 0.716 bits per heavy atom. The molecule has 0 rings (SSSR count). The molecule has 0 bridgehead atoms. The lowest BCUT2D eigenvalue weighted by atomic mass is 10.0. The summed E-state index contributed by atoms with van der Waals surface area (Å²) in [7, 11) is -9.90. The van der Waals surface area contributed by atoms with Crippen LogP contribution < -0.4 is 0 Å². The van der Waals surface area contributed by atoms with Crippen molar-refractivity contribution >= 4 is 39.5 Å². The van der Waals surface area contributed by atoms with Gasteiger partial charge in [-0.15, -0.1) is 0 Å². The molecular weight excluding hydrogens is 1250 g/mol. The van der Waals surface area contributed by atoms with Gasteiger partial charge in [0.25, 0.3) is 0 Å². The molecule has 0 aromatic carbocycles. The number of phosphoric ester groups is 2. The number of rotatable bonds is 75. The zero-order chi connectivity index (χ0) is 70.0. The first-order valence-electron chi connectivity index (χ1n) is 39.5. The molecule has 0 aliphatic carbocycles. The third kappa shape index (κ3) is 70.3. The lowest BCUT2D eigenvalue weighted by Crippen LogP contribution is -2.30. The van der Waals surface area contributed by atoms with Gasteiger partial charge in [-0.3, -0.25) is 37.3 Å². The van der Waals surface area contributed by atoms with E-state index in [1.807, 2.05) is 0 Å². The van der Waals surface area contributed by atoms with Gasteiger partial charge in [-0.25, -0.2) is 9.13 Å². The highest BCUT2D eigenvalue weighted by Gasteiger charge is 2.30. The van der Waals surface area contributed by atoms with Gasteiger partial charge >= 0.3 is 39.5 Å². The van der Waals surface area contributed by atoms with Crippen LogP contribution in [0, 0.1) is 11.8 Å². The normalized spacial score (nSPS) is 14.0. The summed E-state index contributed by atoms with van der Waals surface area (Å²) in [6.07, 6.45) is 56.0. The highest BCUT2D eigenvalue weighted by Crippen LogP contribution is 2.45. The van der Waals surface area contributed by atoms with Gasteiger partial charge in [0, 0.05) is 25.7 Å². The molecule has 3 N–H and O–H groups in total. The van der Waals surface area contributed by atoms with Gasteiger partial charge in [0.05, 0.1) is 26.4 Å². The van der Waals surface area contributed by atoms with Crippen molar-refractivity contribution < 1.29 is 80.2 Å². The zero-order valence-corrected chi connectivity index (χ0v) is 63.8. The lowest BCUT2D eigenvalue weighted by Gasteiger charge is -2.21. The SMILES string of the molecule is CCCCCCCCCCCCCCCCCCCCCC(=O)O[C@H](COC(=O)CCCCCCCCCCCCCCCCCC(C)C)COP(=O)(O)OC[C@@H](O)COP(=O)(O)OC[C@@H](COC(=O)CCCCCCC)OC(=O)CCCCCCCCCCCCC(C)C. The molecule has 95 heavy (non-hydrogen) atoms. The van der Waals surface area contributed by atoms with Crippen LogP contribution in [0.4, 0.5) is 0 Å². The third-order valence-electron chi connectivity index (χ3n) is 17.7. The Hall–Kier alpha value is -1.94. The molecule has 0 saturated carbocycles. The summed E-state index contributed by atoms with van der Waals surface area (Å²) in [5, 5.41) is 10.6. The van der Waals surface area contributed by atoms with Gasteiger partial charge in [0.2, 0.25) is 0 Å². The first kappa shape index (κ1) is 93.1. The van der Waals surface area contributed by atoms with E-state index in [1.165, 1.54) is 205 Å². The molecule has 0 radical (unpaired) electrons. The van der Waals surface area contributed by atoms with Crippen molar-refractivity contribution in [2.45, 2.75) is 413 Å². The molecule has 0 aliphatic heterocycles. The number of hydrogen-bond donors (Lipinski definition) is 3. The Kier molecular flexibility index (Phi) is 66.5. The van der Waals surface area contributed by atoms with E-state index in [0.29, 0.717) is 25.7 Å². The Bertz CT molecular complexity index is 1840. The molecule has 0 aliphatic rings. The first-order chi connectivity index (χ1) is 45.9. The number of ether oxygens (including phenoxy) is 4. The van der Waals surface area contributed by atoms with Crippen LogP contribution in [0.2, 0.25) is 0 Å². The van der Waals surface area contributed by atoms with Crippen LogP contribution in [0.25, 0.3) is 0 Å².